The number of aromatic nitrogens is 1. The molecule has 1 atom stereocenters. The standard InChI is InChI=1S/C21H23N3O6S2/c1-2-19-22-16(12-31-19)20(25)21(26)23-8-13-10-24(11-14(13)9-23)32(27,28)15-3-4-17-18(7-15)30-6-5-29-17/h3-4,7,12,20,25H,2,5-6,8-11H2,1H3. The molecule has 0 bridgehead atoms. The van der Waals surface area contributed by atoms with Crippen LogP contribution < -0.4 is 9.47 Å². The number of rotatable bonds is 5. The molecule has 0 saturated heterocycles. The molecule has 3 aliphatic heterocycles. The minimum absolute atomic E-state index is 0.154. The topological polar surface area (TPSA) is 109 Å². The molecule has 0 fully saturated rings. The summed E-state index contributed by atoms with van der Waals surface area (Å²) in [4.78, 5) is 18.8. The summed E-state index contributed by atoms with van der Waals surface area (Å²) in [5.41, 5.74) is 2.17. The van der Waals surface area contributed by atoms with E-state index in [1.807, 2.05) is 6.92 Å². The maximum atomic E-state index is 13.2. The summed E-state index contributed by atoms with van der Waals surface area (Å²) in [7, 11) is -3.72. The smallest absolute Gasteiger partial charge is 0.258 e. The Bertz CT molecular complexity index is 1190. The first-order valence-electron chi connectivity index (χ1n) is 10.4. The van der Waals surface area contributed by atoms with Crippen LogP contribution >= 0.6 is 11.3 Å². The zero-order valence-electron chi connectivity index (χ0n) is 17.5. The van der Waals surface area contributed by atoms with E-state index in [9.17, 15) is 18.3 Å². The van der Waals surface area contributed by atoms with Crippen LogP contribution in [0.4, 0.5) is 0 Å². The van der Waals surface area contributed by atoms with Crippen LogP contribution in [0.25, 0.3) is 0 Å². The van der Waals surface area contributed by atoms with Gasteiger partial charge in [0.05, 0.1) is 15.6 Å². The van der Waals surface area contributed by atoms with Gasteiger partial charge in [0, 0.05) is 37.6 Å². The van der Waals surface area contributed by atoms with Gasteiger partial charge in [0.15, 0.2) is 17.6 Å². The maximum Gasteiger partial charge on any atom is 0.258 e. The van der Waals surface area contributed by atoms with Gasteiger partial charge < -0.3 is 19.5 Å². The van der Waals surface area contributed by atoms with Crippen LogP contribution in [0, 0.1) is 0 Å². The van der Waals surface area contributed by atoms with Crippen molar-refractivity contribution in [1.29, 1.82) is 0 Å². The van der Waals surface area contributed by atoms with Gasteiger partial charge in [-0.05, 0) is 29.7 Å². The molecule has 0 spiro atoms. The first-order chi connectivity index (χ1) is 15.4. The van der Waals surface area contributed by atoms with E-state index in [4.69, 9.17) is 9.47 Å². The molecule has 1 aromatic carbocycles. The van der Waals surface area contributed by atoms with Gasteiger partial charge in [-0.1, -0.05) is 6.92 Å². The maximum absolute atomic E-state index is 13.2. The van der Waals surface area contributed by atoms with Gasteiger partial charge in [0.25, 0.3) is 5.91 Å². The predicted octanol–water partition coefficient (Wildman–Crippen LogP) is 1.35. The summed E-state index contributed by atoms with van der Waals surface area (Å²) in [6, 6.07) is 4.64. The summed E-state index contributed by atoms with van der Waals surface area (Å²) < 4.78 is 38.7. The van der Waals surface area contributed by atoms with Gasteiger partial charge in [-0.15, -0.1) is 11.3 Å². The summed E-state index contributed by atoms with van der Waals surface area (Å²) in [5.74, 6) is 0.556. The Balaban J connectivity index is 1.25. The number of sulfonamides is 1. The lowest BCUT2D eigenvalue weighted by Gasteiger charge is -2.24. The second kappa shape index (κ2) is 8.14. The average Bonchev–Trinajstić information content (AvgIpc) is 3.52. The number of hydrogen-bond donors (Lipinski definition) is 1. The fraction of sp³-hybridized carbons (Fsp3) is 0.429. The Kier molecular flexibility index (Phi) is 5.44. The van der Waals surface area contributed by atoms with Gasteiger partial charge in [0.2, 0.25) is 10.0 Å². The first-order valence-corrected chi connectivity index (χ1v) is 12.7. The lowest BCUT2D eigenvalue weighted by Crippen LogP contribution is -2.38. The van der Waals surface area contributed by atoms with Crippen LogP contribution in [0.5, 0.6) is 11.5 Å². The molecule has 32 heavy (non-hydrogen) atoms. The third-order valence-corrected chi connectivity index (χ3v) is 8.65. The number of aliphatic hydroxyl groups is 1. The molecule has 2 aromatic rings. The van der Waals surface area contributed by atoms with Crippen molar-refractivity contribution >= 4 is 27.3 Å². The molecule has 4 heterocycles. The van der Waals surface area contributed by atoms with Crippen molar-refractivity contribution in [3.05, 3.63) is 45.4 Å². The fourth-order valence-corrected chi connectivity index (χ4v) is 6.33. The Morgan fingerprint density at radius 1 is 1.16 bits per heavy atom. The zero-order valence-corrected chi connectivity index (χ0v) is 19.1. The highest BCUT2D eigenvalue weighted by Crippen LogP contribution is 2.36. The van der Waals surface area contributed by atoms with E-state index in [2.05, 4.69) is 4.98 Å². The highest BCUT2D eigenvalue weighted by atomic mass is 32.2. The zero-order chi connectivity index (χ0) is 22.5. The van der Waals surface area contributed by atoms with Crippen LogP contribution in [-0.2, 0) is 21.2 Å². The van der Waals surface area contributed by atoms with Crippen LogP contribution in [0.3, 0.4) is 0 Å². The number of thiazole rings is 1. The largest absolute Gasteiger partial charge is 0.486 e. The Morgan fingerprint density at radius 2 is 1.84 bits per heavy atom. The molecule has 1 unspecified atom stereocenters. The van der Waals surface area contributed by atoms with E-state index >= 15 is 0 Å². The molecular formula is C21H23N3O6S2. The van der Waals surface area contributed by atoms with Crippen LogP contribution in [0.2, 0.25) is 0 Å². The second-order valence-corrected chi connectivity index (χ2v) is 10.8. The molecule has 170 valence electrons. The molecule has 5 rings (SSSR count). The Hall–Kier alpha value is -2.47. The van der Waals surface area contributed by atoms with Gasteiger partial charge >= 0.3 is 0 Å². The molecule has 9 nitrogen and oxygen atoms in total. The lowest BCUT2D eigenvalue weighted by molar-refractivity contribution is -0.139. The molecule has 0 aliphatic carbocycles. The summed E-state index contributed by atoms with van der Waals surface area (Å²) in [5, 5.41) is 13.0. The van der Waals surface area contributed by atoms with E-state index in [0.717, 1.165) is 22.6 Å². The summed E-state index contributed by atoms with van der Waals surface area (Å²) in [6.07, 6.45) is -0.553. The van der Waals surface area contributed by atoms with E-state index in [0.29, 0.717) is 43.5 Å². The monoisotopic (exact) mass is 477 g/mol. The van der Waals surface area contributed by atoms with Crippen molar-refractivity contribution in [2.24, 2.45) is 0 Å². The third kappa shape index (κ3) is 3.68. The average molecular weight is 478 g/mol. The number of amides is 1. The van der Waals surface area contributed by atoms with Gasteiger partial charge in [-0.25, -0.2) is 13.4 Å². The predicted molar refractivity (Wildman–Crippen MR) is 116 cm³/mol. The molecule has 1 N–H and O–H groups in total. The molecule has 3 aliphatic rings. The minimum atomic E-state index is -3.72. The molecule has 1 aromatic heterocycles. The number of ether oxygens (including phenoxy) is 2. The van der Waals surface area contributed by atoms with Crippen LogP contribution in [0.15, 0.2) is 39.6 Å². The van der Waals surface area contributed by atoms with Crippen molar-refractivity contribution in [2.75, 3.05) is 39.4 Å². The Morgan fingerprint density at radius 3 is 2.50 bits per heavy atom. The second-order valence-electron chi connectivity index (χ2n) is 7.90. The van der Waals surface area contributed by atoms with Crippen molar-refractivity contribution < 1.29 is 27.8 Å². The lowest BCUT2D eigenvalue weighted by atomic mass is 10.2. The number of aryl methyl sites for hydroxylation is 1. The number of carbonyl (C=O) groups excluding carboxylic acids is 1. The van der Waals surface area contributed by atoms with Crippen molar-refractivity contribution in [2.45, 2.75) is 24.3 Å². The van der Waals surface area contributed by atoms with Crippen LogP contribution in [-0.4, -0.2) is 73.0 Å². The van der Waals surface area contributed by atoms with E-state index in [1.54, 1.807) is 16.3 Å². The first kappa shape index (κ1) is 21.4. The molecule has 1 amide bonds. The molecule has 0 saturated carbocycles. The number of aliphatic hydroxyl groups excluding tert-OH is 1. The van der Waals surface area contributed by atoms with E-state index < -0.39 is 22.0 Å². The molecule has 0 radical (unpaired) electrons. The number of carbonyl (C=O) groups is 1. The summed E-state index contributed by atoms with van der Waals surface area (Å²) in [6.45, 7) is 3.86. The Labute approximate surface area is 189 Å². The normalized spacial score (nSPS) is 19.4. The third-order valence-electron chi connectivity index (χ3n) is 5.85. The van der Waals surface area contributed by atoms with Crippen molar-refractivity contribution in [1.82, 2.24) is 14.2 Å². The highest BCUT2D eigenvalue weighted by Gasteiger charge is 2.39. The SMILES string of the molecule is CCc1nc(C(O)C(=O)N2CC3=C(C2)CN(S(=O)(=O)c2ccc4c(c2)OCCO4)C3)cs1. The van der Waals surface area contributed by atoms with Crippen LogP contribution in [0.1, 0.15) is 23.7 Å². The van der Waals surface area contributed by atoms with Gasteiger partial charge in [0.1, 0.15) is 13.2 Å². The quantitative estimate of drug-likeness (QED) is 0.648. The molecular weight excluding hydrogens is 454 g/mol. The van der Waals surface area contributed by atoms with E-state index in [-0.39, 0.29) is 18.0 Å². The number of nitrogens with zero attached hydrogens (tertiary/aromatic N) is 3. The molecule has 11 heteroatoms. The van der Waals surface area contributed by atoms with E-state index in [1.165, 1.54) is 27.8 Å². The van der Waals surface area contributed by atoms with Crippen molar-refractivity contribution in [3.8, 4) is 11.5 Å². The number of benzene rings is 1. The highest BCUT2D eigenvalue weighted by molar-refractivity contribution is 7.89. The number of hydrogen-bond acceptors (Lipinski definition) is 8. The summed E-state index contributed by atoms with van der Waals surface area (Å²) >= 11 is 1.42. The fourth-order valence-electron chi connectivity index (χ4n) is 4.12. The van der Waals surface area contributed by atoms with Gasteiger partial charge in [-0.3, -0.25) is 4.79 Å². The number of fused-ring (bicyclic) bond motifs is 1. The van der Waals surface area contributed by atoms with Gasteiger partial charge in [-0.2, -0.15) is 4.31 Å². The minimum Gasteiger partial charge on any atom is -0.486 e. The van der Waals surface area contributed by atoms with Crippen molar-refractivity contribution in [3.63, 3.8) is 0 Å².